The number of nitriles is 1. The topological polar surface area (TPSA) is 93.4 Å². The molecule has 1 heterocycles. The van der Waals surface area contributed by atoms with E-state index in [1.807, 2.05) is 19.9 Å². The fourth-order valence-corrected chi connectivity index (χ4v) is 2.87. The predicted molar refractivity (Wildman–Crippen MR) is 76.3 cm³/mol. The molecule has 0 aromatic heterocycles. The van der Waals surface area contributed by atoms with Crippen LogP contribution in [0.15, 0.2) is 10.6 Å². The summed E-state index contributed by atoms with van der Waals surface area (Å²) in [6.07, 6.45) is 0. The monoisotopic (exact) mass is 297 g/mol. The van der Waals surface area contributed by atoms with Gasteiger partial charge in [0.1, 0.15) is 16.7 Å². The second-order valence-corrected chi connectivity index (χ2v) is 5.69. The number of hydrogen-bond donors (Lipinski definition) is 2. The zero-order valence-corrected chi connectivity index (χ0v) is 12.7. The highest BCUT2D eigenvalue weighted by Gasteiger charge is 2.31. The smallest absolute Gasteiger partial charge is 0.264 e. The molecule has 0 aliphatic carbocycles. The number of thioether (sulfide) groups is 1. The van der Waals surface area contributed by atoms with Crippen LogP contribution >= 0.6 is 11.8 Å². The minimum Gasteiger partial charge on any atom is -0.394 e. The van der Waals surface area contributed by atoms with Gasteiger partial charge in [0.25, 0.3) is 5.91 Å². The zero-order chi connectivity index (χ0) is 15.3. The van der Waals surface area contributed by atoms with Crippen molar-refractivity contribution in [1.82, 2.24) is 10.2 Å². The van der Waals surface area contributed by atoms with Gasteiger partial charge in [-0.15, -0.1) is 0 Å². The average molecular weight is 297 g/mol. The molecule has 0 radical (unpaired) electrons. The lowest BCUT2D eigenvalue weighted by atomic mass is 10.1. The van der Waals surface area contributed by atoms with Crippen LogP contribution in [0, 0.1) is 17.2 Å². The summed E-state index contributed by atoms with van der Waals surface area (Å²) in [5.41, 5.74) is -0.0678. The fraction of sp³-hybridized carbons (Fsp3) is 0.615. The molecule has 2 amide bonds. The SMILES string of the molecule is CCN1C(=O)CS/C1=C(/C#N)C(=O)N[C@H](CO)C(C)C. The third-order valence-corrected chi connectivity index (χ3v) is 4.15. The van der Waals surface area contributed by atoms with Gasteiger partial charge in [-0.1, -0.05) is 25.6 Å². The summed E-state index contributed by atoms with van der Waals surface area (Å²) in [6, 6.07) is 1.45. The summed E-state index contributed by atoms with van der Waals surface area (Å²) in [6.45, 7) is 5.76. The Morgan fingerprint density at radius 2 is 2.25 bits per heavy atom. The van der Waals surface area contributed by atoms with E-state index >= 15 is 0 Å². The van der Waals surface area contributed by atoms with E-state index in [9.17, 15) is 20.0 Å². The van der Waals surface area contributed by atoms with Gasteiger partial charge in [0, 0.05) is 6.54 Å². The molecule has 2 N–H and O–H groups in total. The van der Waals surface area contributed by atoms with Crippen LogP contribution in [0.2, 0.25) is 0 Å². The van der Waals surface area contributed by atoms with E-state index in [2.05, 4.69) is 5.32 Å². The Hall–Kier alpha value is -1.52. The molecule has 1 aliphatic heterocycles. The van der Waals surface area contributed by atoms with Gasteiger partial charge in [-0.25, -0.2) is 0 Å². The fourth-order valence-electron chi connectivity index (χ4n) is 1.79. The largest absolute Gasteiger partial charge is 0.394 e. The third-order valence-electron chi connectivity index (χ3n) is 3.07. The van der Waals surface area contributed by atoms with E-state index in [0.29, 0.717) is 11.6 Å². The van der Waals surface area contributed by atoms with Crippen LogP contribution in [0.4, 0.5) is 0 Å². The molecule has 0 saturated carbocycles. The number of carbonyl (C=O) groups excluding carboxylic acids is 2. The Balaban J connectivity index is 2.99. The number of rotatable bonds is 5. The minimum atomic E-state index is -0.545. The molecule has 0 unspecified atom stereocenters. The molecule has 1 atom stereocenters. The highest BCUT2D eigenvalue weighted by molar-refractivity contribution is 8.04. The Bertz CT molecular complexity index is 468. The van der Waals surface area contributed by atoms with Gasteiger partial charge in [0.05, 0.1) is 18.4 Å². The van der Waals surface area contributed by atoms with Crippen molar-refractivity contribution in [3.63, 3.8) is 0 Å². The van der Waals surface area contributed by atoms with Crippen LogP contribution in [0.5, 0.6) is 0 Å². The summed E-state index contributed by atoms with van der Waals surface area (Å²) < 4.78 is 0. The quantitative estimate of drug-likeness (QED) is 0.567. The second kappa shape index (κ2) is 7.31. The van der Waals surface area contributed by atoms with Crippen molar-refractivity contribution in [3.05, 3.63) is 10.6 Å². The molecule has 0 spiro atoms. The number of amides is 2. The van der Waals surface area contributed by atoms with Gasteiger partial charge in [-0.05, 0) is 12.8 Å². The Morgan fingerprint density at radius 1 is 1.60 bits per heavy atom. The molecule has 0 aromatic carbocycles. The van der Waals surface area contributed by atoms with Crippen molar-refractivity contribution in [3.8, 4) is 6.07 Å². The third kappa shape index (κ3) is 3.52. The van der Waals surface area contributed by atoms with Crippen molar-refractivity contribution in [2.45, 2.75) is 26.8 Å². The maximum Gasteiger partial charge on any atom is 0.264 e. The van der Waals surface area contributed by atoms with Crippen LogP contribution < -0.4 is 5.32 Å². The van der Waals surface area contributed by atoms with Gasteiger partial charge >= 0.3 is 0 Å². The highest BCUT2D eigenvalue weighted by atomic mass is 32.2. The van der Waals surface area contributed by atoms with Crippen molar-refractivity contribution < 1.29 is 14.7 Å². The van der Waals surface area contributed by atoms with Crippen LogP contribution in [0.25, 0.3) is 0 Å². The lowest BCUT2D eigenvalue weighted by Crippen LogP contribution is -2.42. The highest BCUT2D eigenvalue weighted by Crippen LogP contribution is 2.31. The number of aliphatic hydroxyl groups is 1. The number of carbonyl (C=O) groups is 2. The Labute approximate surface area is 122 Å². The van der Waals surface area contributed by atoms with Crippen LogP contribution in [-0.2, 0) is 9.59 Å². The molecule has 20 heavy (non-hydrogen) atoms. The van der Waals surface area contributed by atoms with Crippen molar-refractivity contribution in [2.75, 3.05) is 18.9 Å². The van der Waals surface area contributed by atoms with Crippen molar-refractivity contribution in [2.24, 2.45) is 5.92 Å². The van der Waals surface area contributed by atoms with Crippen molar-refractivity contribution >= 4 is 23.6 Å². The maximum atomic E-state index is 12.1. The molecule has 1 saturated heterocycles. The number of hydrogen-bond acceptors (Lipinski definition) is 5. The van der Waals surface area contributed by atoms with E-state index in [1.165, 1.54) is 16.7 Å². The van der Waals surface area contributed by atoms with Crippen LogP contribution in [-0.4, -0.2) is 46.8 Å². The molecule has 110 valence electrons. The van der Waals surface area contributed by atoms with E-state index in [0.717, 1.165) is 0 Å². The molecular formula is C13H19N3O3S. The Morgan fingerprint density at radius 3 is 2.70 bits per heavy atom. The Kier molecular flexibility index (Phi) is 6.05. The molecule has 1 rings (SSSR count). The number of nitrogens with zero attached hydrogens (tertiary/aromatic N) is 2. The molecule has 0 bridgehead atoms. The second-order valence-electron chi connectivity index (χ2n) is 4.73. The molecule has 1 aliphatic rings. The van der Waals surface area contributed by atoms with Gasteiger partial charge in [0.2, 0.25) is 5.91 Å². The van der Waals surface area contributed by atoms with Gasteiger partial charge in [-0.3, -0.25) is 9.59 Å². The number of nitrogens with one attached hydrogen (secondary N) is 1. The minimum absolute atomic E-state index is 0.0500. The van der Waals surface area contributed by atoms with E-state index in [1.54, 1.807) is 6.92 Å². The summed E-state index contributed by atoms with van der Waals surface area (Å²) in [4.78, 5) is 25.2. The summed E-state index contributed by atoms with van der Waals surface area (Å²) in [7, 11) is 0. The van der Waals surface area contributed by atoms with E-state index in [4.69, 9.17) is 0 Å². The first-order valence-corrected chi connectivity index (χ1v) is 7.44. The van der Waals surface area contributed by atoms with E-state index < -0.39 is 11.9 Å². The van der Waals surface area contributed by atoms with Crippen LogP contribution in [0.1, 0.15) is 20.8 Å². The van der Waals surface area contributed by atoms with Gasteiger partial charge in [0.15, 0.2) is 0 Å². The first-order chi connectivity index (χ1) is 9.46. The first kappa shape index (κ1) is 16.5. The summed E-state index contributed by atoms with van der Waals surface area (Å²) >= 11 is 1.20. The standard InChI is InChI=1S/C13H19N3O3S/c1-4-16-11(18)7-20-13(16)9(5-14)12(19)15-10(6-17)8(2)3/h8,10,17H,4,6-7H2,1-3H3,(H,15,19)/b13-9-/t10-/m1/s1. The lowest BCUT2D eigenvalue weighted by molar-refractivity contribution is -0.125. The molecule has 1 fully saturated rings. The number of aliphatic hydroxyl groups excluding tert-OH is 1. The zero-order valence-electron chi connectivity index (χ0n) is 11.8. The van der Waals surface area contributed by atoms with E-state index in [-0.39, 0.29) is 29.8 Å². The molecule has 0 aromatic rings. The van der Waals surface area contributed by atoms with Crippen molar-refractivity contribution in [1.29, 1.82) is 5.26 Å². The lowest BCUT2D eigenvalue weighted by Gasteiger charge is -2.21. The molecule has 6 nitrogen and oxygen atoms in total. The predicted octanol–water partition coefficient (Wildman–Crippen LogP) is 0.450. The first-order valence-electron chi connectivity index (χ1n) is 6.45. The maximum absolute atomic E-state index is 12.1. The summed E-state index contributed by atoms with van der Waals surface area (Å²) in [5.74, 6) is -0.351. The molecular weight excluding hydrogens is 278 g/mol. The van der Waals surface area contributed by atoms with Gasteiger partial charge in [-0.2, -0.15) is 5.26 Å². The van der Waals surface area contributed by atoms with Crippen LogP contribution in [0.3, 0.4) is 0 Å². The van der Waals surface area contributed by atoms with Gasteiger partial charge < -0.3 is 15.3 Å². The normalized spacial score (nSPS) is 19.0. The molecule has 7 heteroatoms. The average Bonchev–Trinajstić information content (AvgIpc) is 2.77. The summed E-state index contributed by atoms with van der Waals surface area (Å²) in [5, 5.41) is 21.5.